The molecule has 0 bridgehead atoms. The Hall–Kier alpha value is -2.69. The first-order chi connectivity index (χ1) is 8.93. The predicted molar refractivity (Wildman–Crippen MR) is 66.3 cm³/mol. The van der Waals surface area contributed by atoms with Crippen LogP contribution in [0.25, 0.3) is 22.9 Å². The summed E-state index contributed by atoms with van der Waals surface area (Å²) >= 11 is 0. The number of aromatic nitrogens is 5. The Kier molecular flexibility index (Phi) is 2.71. The van der Waals surface area contributed by atoms with Gasteiger partial charge in [-0.1, -0.05) is 12.1 Å². The van der Waals surface area contributed by atoms with E-state index in [4.69, 9.17) is 0 Å². The molecule has 0 saturated heterocycles. The van der Waals surface area contributed by atoms with E-state index in [0.29, 0.717) is 11.5 Å². The van der Waals surface area contributed by atoms with Gasteiger partial charge in [0.15, 0.2) is 5.82 Å². The Labute approximate surface area is 104 Å². The maximum Gasteiger partial charge on any atom is 0.181 e. The molecule has 5 nitrogen and oxygen atoms in total. The predicted octanol–water partition coefficient (Wildman–Crippen LogP) is 2.00. The number of rotatable bonds is 2. The molecule has 0 amide bonds. The monoisotopic (exact) mass is 235 g/mol. The highest BCUT2D eigenvalue weighted by atomic mass is 15.0. The topological polar surface area (TPSA) is 64.5 Å². The van der Waals surface area contributed by atoms with Crippen LogP contribution in [0.15, 0.2) is 55.2 Å². The van der Waals surface area contributed by atoms with Crippen LogP contribution in [-0.4, -0.2) is 24.9 Å². The van der Waals surface area contributed by atoms with Crippen molar-refractivity contribution >= 4 is 0 Å². The molecule has 5 heteroatoms. The van der Waals surface area contributed by atoms with Gasteiger partial charge in [0.2, 0.25) is 0 Å². The van der Waals surface area contributed by atoms with E-state index in [0.717, 1.165) is 11.4 Å². The zero-order valence-corrected chi connectivity index (χ0v) is 9.43. The van der Waals surface area contributed by atoms with Crippen molar-refractivity contribution in [2.24, 2.45) is 0 Å². The van der Waals surface area contributed by atoms with Crippen molar-refractivity contribution in [2.45, 2.75) is 0 Å². The average molecular weight is 235 g/mol. The third kappa shape index (κ3) is 2.06. The molecule has 0 radical (unpaired) electrons. The first kappa shape index (κ1) is 10.5. The molecule has 86 valence electrons. The quantitative estimate of drug-likeness (QED) is 0.679. The van der Waals surface area contributed by atoms with Crippen LogP contribution in [-0.2, 0) is 0 Å². The van der Waals surface area contributed by atoms with Gasteiger partial charge in [-0.05, 0) is 24.3 Å². The highest BCUT2D eigenvalue weighted by Crippen LogP contribution is 2.17. The van der Waals surface area contributed by atoms with Gasteiger partial charge in [-0.15, -0.1) is 0 Å². The third-order valence-corrected chi connectivity index (χ3v) is 2.40. The van der Waals surface area contributed by atoms with Gasteiger partial charge in [0.05, 0.1) is 11.4 Å². The van der Waals surface area contributed by atoms with Gasteiger partial charge in [0.25, 0.3) is 0 Å². The minimum absolute atomic E-state index is 0.558. The van der Waals surface area contributed by atoms with Crippen LogP contribution in [0, 0.1) is 0 Å². The van der Waals surface area contributed by atoms with Gasteiger partial charge in [-0.2, -0.15) is 0 Å². The molecule has 0 N–H and O–H groups in total. The van der Waals surface area contributed by atoms with Crippen molar-refractivity contribution in [3.63, 3.8) is 0 Å². The summed E-state index contributed by atoms with van der Waals surface area (Å²) in [5.41, 5.74) is 2.34. The molecule has 0 saturated carbocycles. The summed E-state index contributed by atoms with van der Waals surface area (Å²) in [6.07, 6.45) is 4.65. The Balaban J connectivity index is 2.05. The zero-order chi connectivity index (χ0) is 12.2. The number of nitrogens with zero attached hydrogens (tertiary/aromatic N) is 5. The minimum Gasteiger partial charge on any atom is -0.255 e. The van der Waals surface area contributed by atoms with E-state index in [1.165, 1.54) is 12.7 Å². The van der Waals surface area contributed by atoms with Crippen LogP contribution in [0.2, 0.25) is 0 Å². The number of pyridine rings is 2. The molecule has 0 atom stereocenters. The van der Waals surface area contributed by atoms with Crippen molar-refractivity contribution in [3.8, 4) is 22.9 Å². The minimum atomic E-state index is 0.558. The molecule has 0 fully saturated rings. The summed E-state index contributed by atoms with van der Waals surface area (Å²) in [5.74, 6) is 0.558. The fourth-order valence-electron chi connectivity index (χ4n) is 1.59. The lowest BCUT2D eigenvalue weighted by atomic mass is 10.2. The fraction of sp³-hybridized carbons (Fsp3) is 0. The molecule has 3 aromatic heterocycles. The van der Waals surface area contributed by atoms with Crippen LogP contribution in [0.5, 0.6) is 0 Å². The maximum atomic E-state index is 4.50. The smallest absolute Gasteiger partial charge is 0.181 e. The van der Waals surface area contributed by atoms with E-state index in [1.54, 1.807) is 6.20 Å². The molecule has 3 rings (SSSR count). The van der Waals surface area contributed by atoms with Gasteiger partial charge >= 0.3 is 0 Å². The molecule has 0 unspecified atom stereocenters. The van der Waals surface area contributed by atoms with Crippen LogP contribution in [0.3, 0.4) is 0 Å². The molecule has 0 aliphatic heterocycles. The zero-order valence-electron chi connectivity index (χ0n) is 9.43. The van der Waals surface area contributed by atoms with Crippen molar-refractivity contribution in [3.05, 3.63) is 55.2 Å². The second-order valence-corrected chi connectivity index (χ2v) is 3.58. The van der Waals surface area contributed by atoms with Gasteiger partial charge in [-0.25, -0.2) is 19.9 Å². The second-order valence-electron chi connectivity index (χ2n) is 3.58. The summed E-state index contributed by atoms with van der Waals surface area (Å²) in [6, 6.07) is 11.4. The summed E-state index contributed by atoms with van der Waals surface area (Å²) in [7, 11) is 0. The van der Waals surface area contributed by atoms with Crippen LogP contribution in [0.4, 0.5) is 0 Å². The maximum absolute atomic E-state index is 4.50. The van der Waals surface area contributed by atoms with Crippen LogP contribution >= 0.6 is 0 Å². The molecule has 0 aliphatic rings. The van der Waals surface area contributed by atoms with Crippen molar-refractivity contribution in [1.29, 1.82) is 0 Å². The molecule has 0 spiro atoms. The van der Waals surface area contributed by atoms with E-state index < -0.39 is 0 Å². The van der Waals surface area contributed by atoms with E-state index >= 15 is 0 Å². The third-order valence-electron chi connectivity index (χ3n) is 2.40. The van der Waals surface area contributed by atoms with E-state index in [1.807, 2.05) is 36.4 Å². The Morgan fingerprint density at radius 3 is 2.22 bits per heavy atom. The number of hydrogen-bond donors (Lipinski definition) is 0. The van der Waals surface area contributed by atoms with Gasteiger partial charge in [0, 0.05) is 6.20 Å². The van der Waals surface area contributed by atoms with Crippen LogP contribution in [0.1, 0.15) is 0 Å². The SMILES string of the molecule is c1ccc(-c2cccc(-c3ncncn3)n2)nc1. The summed E-state index contributed by atoms with van der Waals surface area (Å²) < 4.78 is 0. The highest BCUT2D eigenvalue weighted by Gasteiger charge is 2.05. The Morgan fingerprint density at radius 2 is 1.44 bits per heavy atom. The highest BCUT2D eigenvalue weighted by molar-refractivity contribution is 5.59. The second kappa shape index (κ2) is 4.67. The standard InChI is InChI=1S/C13H9N5/c1-2-7-15-10(4-1)11-5-3-6-12(18-11)13-16-8-14-9-17-13/h1-9H. The first-order valence-electron chi connectivity index (χ1n) is 5.44. The molecular weight excluding hydrogens is 226 g/mol. The lowest BCUT2D eigenvalue weighted by Crippen LogP contribution is -1.94. The molecule has 0 aromatic carbocycles. The van der Waals surface area contributed by atoms with Gasteiger partial charge in [-0.3, -0.25) is 4.98 Å². The molecule has 18 heavy (non-hydrogen) atoms. The molecule has 0 aliphatic carbocycles. The first-order valence-corrected chi connectivity index (χ1v) is 5.44. The van der Waals surface area contributed by atoms with Crippen molar-refractivity contribution < 1.29 is 0 Å². The summed E-state index contributed by atoms with van der Waals surface area (Å²) in [5, 5.41) is 0. The van der Waals surface area contributed by atoms with Gasteiger partial charge < -0.3 is 0 Å². The largest absolute Gasteiger partial charge is 0.255 e. The normalized spacial score (nSPS) is 10.2. The van der Waals surface area contributed by atoms with E-state index in [2.05, 4.69) is 24.9 Å². The molecule has 3 heterocycles. The Morgan fingerprint density at radius 1 is 0.667 bits per heavy atom. The average Bonchev–Trinajstić information content (AvgIpc) is 2.49. The van der Waals surface area contributed by atoms with Crippen molar-refractivity contribution in [2.75, 3.05) is 0 Å². The lowest BCUT2D eigenvalue weighted by molar-refractivity contribution is 1.04. The summed E-state index contributed by atoms with van der Waals surface area (Å²) in [6.45, 7) is 0. The van der Waals surface area contributed by atoms with Crippen LogP contribution < -0.4 is 0 Å². The lowest BCUT2D eigenvalue weighted by Gasteiger charge is -2.02. The van der Waals surface area contributed by atoms with E-state index in [-0.39, 0.29) is 0 Å². The van der Waals surface area contributed by atoms with Gasteiger partial charge in [0.1, 0.15) is 18.3 Å². The number of hydrogen-bond acceptors (Lipinski definition) is 5. The Bertz CT molecular complexity index is 585. The molecular formula is C13H9N5. The van der Waals surface area contributed by atoms with E-state index in [9.17, 15) is 0 Å². The fourth-order valence-corrected chi connectivity index (χ4v) is 1.59. The van der Waals surface area contributed by atoms with Crippen molar-refractivity contribution in [1.82, 2.24) is 24.9 Å². The molecule has 3 aromatic rings. The summed E-state index contributed by atoms with van der Waals surface area (Å²) in [4.78, 5) is 20.7.